The number of alkyl halides is 1. The van der Waals surface area contributed by atoms with Gasteiger partial charge in [-0.05, 0) is 13.8 Å². The second-order valence-electron chi connectivity index (χ2n) is 3.47. The van der Waals surface area contributed by atoms with Crippen LogP contribution < -0.4 is 0 Å². The number of hydrogen-bond acceptors (Lipinski definition) is 4. The van der Waals surface area contributed by atoms with Gasteiger partial charge in [0.2, 0.25) is 0 Å². The highest BCUT2D eigenvalue weighted by Gasteiger charge is 2.45. The highest BCUT2D eigenvalue weighted by atomic mass is 19.1. The average Bonchev–Trinajstić information content (AvgIpc) is 2.25. The quantitative estimate of drug-likeness (QED) is 0.494. The summed E-state index contributed by atoms with van der Waals surface area (Å²) in [5.74, 6) is -2.31. The van der Waals surface area contributed by atoms with Crippen molar-refractivity contribution in [2.75, 3.05) is 6.61 Å². The lowest BCUT2D eigenvalue weighted by Crippen LogP contribution is -2.42. The van der Waals surface area contributed by atoms with E-state index in [1.807, 2.05) is 0 Å². The molecule has 0 spiro atoms. The van der Waals surface area contributed by atoms with Crippen LogP contribution in [0.4, 0.5) is 4.39 Å². The molecule has 0 heterocycles. The Balaban J connectivity index is 4.64. The summed E-state index contributed by atoms with van der Waals surface area (Å²) in [5.41, 5.74) is -2.68. The van der Waals surface area contributed by atoms with Crippen molar-refractivity contribution in [2.45, 2.75) is 45.7 Å². The smallest absolute Gasteiger partial charge is 0.351 e. The van der Waals surface area contributed by atoms with Crippen molar-refractivity contribution < 1.29 is 23.5 Å². The summed E-state index contributed by atoms with van der Waals surface area (Å²) in [6.07, 6.45) is -0.309. The summed E-state index contributed by atoms with van der Waals surface area (Å²) < 4.78 is 18.5. The lowest BCUT2D eigenvalue weighted by molar-refractivity contribution is -0.162. The first-order chi connectivity index (χ1) is 7.38. The van der Waals surface area contributed by atoms with Crippen molar-refractivity contribution in [1.29, 1.82) is 0 Å². The molecule has 0 amide bonds. The van der Waals surface area contributed by atoms with E-state index in [1.165, 1.54) is 6.92 Å². The second-order valence-corrected chi connectivity index (χ2v) is 3.47. The van der Waals surface area contributed by atoms with Crippen LogP contribution in [0, 0.1) is 0 Å². The molecule has 0 rings (SSSR count). The molecule has 0 aromatic heterocycles. The number of Topliss-reactive ketones (excluding diaryl/α,β-unsaturated/α-hetero) is 2. The van der Waals surface area contributed by atoms with Gasteiger partial charge >= 0.3 is 5.97 Å². The van der Waals surface area contributed by atoms with Gasteiger partial charge in [0.05, 0.1) is 6.61 Å². The van der Waals surface area contributed by atoms with Crippen LogP contribution in [0.3, 0.4) is 0 Å². The summed E-state index contributed by atoms with van der Waals surface area (Å²) in [6.45, 7) is 4.14. The highest BCUT2D eigenvalue weighted by Crippen LogP contribution is 2.22. The van der Waals surface area contributed by atoms with Crippen LogP contribution in [0.2, 0.25) is 0 Å². The van der Waals surface area contributed by atoms with Gasteiger partial charge in [-0.25, -0.2) is 9.18 Å². The van der Waals surface area contributed by atoms with Crippen LogP contribution >= 0.6 is 0 Å². The maximum Gasteiger partial charge on any atom is 0.351 e. The Morgan fingerprint density at radius 1 is 1.25 bits per heavy atom. The lowest BCUT2D eigenvalue weighted by atomic mass is 9.94. The molecule has 0 aliphatic carbocycles. The molecule has 0 aromatic rings. The van der Waals surface area contributed by atoms with Crippen LogP contribution in [-0.2, 0) is 19.1 Å². The van der Waals surface area contributed by atoms with Crippen LogP contribution in [0.1, 0.15) is 40.0 Å². The number of ketones is 2. The minimum atomic E-state index is -2.68. The van der Waals surface area contributed by atoms with Gasteiger partial charge in [-0.3, -0.25) is 9.59 Å². The summed E-state index contributed by atoms with van der Waals surface area (Å²) in [5, 5.41) is 0. The third-order valence-corrected chi connectivity index (χ3v) is 2.30. The van der Waals surface area contributed by atoms with Gasteiger partial charge in [-0.15, -0.1) is 0 Å². The third-order valence-electron chi connectivity index (χ3n) is 2.30. The van der Waals surface area contributed by atoms with Crippen molar-refractivity contribution in [3.05, 3.63) is 0 Å². The van der Waals surface area contributed by atoms with Gasteiger partial charge in [0.1, 0.15) is 5.78 Å². The lowest BCUT2D eigenvalue weighted by Gasteiger charge is -2.19. The minimum Gasteiger partial charge on any atom is -0.463 e. The SMILES string of the molecule is CCOC(=O)C(F)(CCC(=O)CC)C(C)=O. The van der Waals surface area contributed by atoms with Gasteiger partial charge < -0.3 is 4.74 Å². The Bertz CT molecular complexity index is 288. The zero-order chi connectivity index (χ0) is 12.8. The van der Waals surface area contributed by atoms with Gasteiger partial charge in [0.15, 0.2) is 5.78 Å². The number of hydrogen-bond donors (Lipinski definition) is 0. The van der Waals surface area contributed by atoms with Gasteiger partial charge in [0, 0.05) is 19.3 Å². The fraction of sp³-hybridized carbons (Fsp3) is 0.727. The molecule has 4 nitrogen and oxygen atoms in total. The molecular weight excluding hydrogens is 215 g/mol. The van der Waals surface area contributed by atoms with Crippen LogP contribution in [0.25, 0.3) is 0 Å². The molecule has 1 unspecified atom stereocenters. The Kier molecular flexibility index (Phi) is 5.85. The molecule has 0 aliphatic rings. The normalized spacial score (nSPS) is 14.0. The van der Waals surface area contributed by atoms with Crippen LogP contribution in [0.5, 0.6) is 0 Å². The molecule has 0 saturated carbocycles. The van der Waals surface area contributed by atoms with Crippen molar-refractivity contribution in [3.63, 3.8) is 0 Å². The van der Waals surface area contributed by atoms with E-state index in [9.17, 15) is 18.8 Å². The van der Waals surface area contributed by atoms with Crippen molar-refractivity contribution in [2.24, 2.45) is 0 Å². The number of carbonyl (C=O) groups is 3. The Labute approximate surface area is 94.2 Å². The molecule has 0 N–H and O–H groups in total. The summed E-state index contributed by atoms with van der Waals surface area (Å²) in [7, 11) is 0. The van der Waals surface area contributed by atoms with E-state index >= 15 is 0 Å². The Morgan fingerprint density at radius 2 is 1.81 bits per heavy atom. The third kappa shape index (κ3) is 3.72. The van der Waals surface area contributed by atoms with E-state index in [1.54, 1.807) is 6.92 Å². The predicted molar refractivity (Wildman–Crippen MR) is 55.7 cm³/mol. The molecule has 0 saturated heterocycles. The average molecular weight is 232 g/mol. The summed E-state index contributed by atoms with van der Waals surface area (Å²) >= 11 is 0. The molecule has 1 atom stereocenters. The maximum absolute atomic E-state index is 14.0. The Morgan fingerprint density at radius 3 is 2.19 bits per heavy atom. The number of rotatable bonds is 7. The number of esters is 1. The molecule has 92 valence electrons. The van der Waals surface area contributed by atoms with E-state index < -0.39 is 23.8 Å². The minimum absolute atomic E-state index is 0.000489. The zero-order valence-corrected chi connectivity index (χ0v) is 9.84. The van der Waals surface area contributed by atoms with Gasteiger partial charge in [-0.2, -0.15) is 0 Å². The highest BCUT2D eigenvalue weighted by molar-refractivity contribution is 6.06. The first-order valence-corrected chi connectivity index (χ1v) is 5.27. The monoisotopic (exact) mass is 232 g/mol. The van der Waals surface area contributed by atoms with Crippen molar-refractivity contribution in [3.8, 4) is 0 Å². The topological polar surface area (TPSA) is 60.4 Å². The fourth-order valence-corrected chi connectivity index (χ4v) is 1.16. The van der Waals surface area contributed by atoms with E-state index in [0.717, 1.165) is 6.92 Å². The molecular formula is C11H17FO4. The predicted octanol–water partition coefficient (Wildman–Crippen LogP) is 1.61. The summed E-state index contributed by atoms with van der Waals surface area (Å²) in [6, 6.07) is 0. The molecule has 5 heteroatoms. The van der Waals surface area contributed by atoms with E-state index in [0.29, 0.717) is 0 Å². The van der Waals surface area contributed by atoms with Crippen molar-refractivity contribution >= 4 is 17.5 Å². The standard InChI is InChI=1S/C11H17FO4/c1-4-9(14)6-7-11(12,8(3)13)10(15)16-5-2/h4-7H2,1-3H3. The van der Waals surface area contributed by atoms with E-state index in [4.69, 9.17) is 0 Å². The van der Waals surface area contributed by atoms with E-state index in [-0.39, 0.29) is 25.2 Å². The number of halogens is 1. The first-order valence-electron chi connectivity index (χ1n) is 5.27. The fourth-order valence-electron chi connectivity index (χ4n) is 1.16. The molecule has 0 aromatic carbocycles. The number of carbonyl (C=O) groups excluding carboxylic acids is 3. The largest absolute Gasteiger partial charge is 0.463 e. The summed E-state index contributed by atoms with van der Waals surface area (Å²) in [4.78, 5) is 33.4. The van der Waals surface area contributed by atoms with Crippen LogP contribution in [0.15, 0.2) is 0 Å². The van der Waals surface area contributed by atoms with Gasteiger partial charge in [0.25, 0.3) is 5.67 Å². The molecule has 0 fully saturated rings. The number of ether oxygens (including phenoxy) is 1. The molecule has 0 aliphatic heterocycles. The Hall–Kier alpha value is -1.26. The zero-order valence-electron chi connectivity index (χ0n) is 9.84. The first kappa shape index (κ1) is 14.7. The van der Waals surface area contributed by atoms with Crippen LogP contribution in [-0.4, -0.2) is 29.8 Å². The molecule has 16 heavy (non-hydrogen) atoms. The van der Waals surface area contributed by atoms with Crippen molar-refractivity contribution in [1.82, 2.24) is 0 Å². The second kappa shape index (κ2) is 6.35. The molecule has 0 radical (unpaired) electrons. The van der Waals surface area contributed by atoms with Gasteiger partial charge in [-0.1, -0.05) is 6.92 Å². The van der Waals surface area contributed by atoms with E-state index in [2.05, 4.69) is 4.74 Å². The molecule has 0 bridgehead atoms. The maximum atomic E-state index is 14.0.